The molecule has 0 aliphatic heterocycles. The number of hydrogen-bond donors (Lipinski definition) is 2. The number of amides is 1. The van der Waals surface area contributed by atoms with E-state index in [1.165, 1.54) is 12.3 Å². The number of anilines is 2. The van der Waals surface area contributed by atoms with Gasteiger partial charge in [0.05, 0.1) is 5.56 Å². The maximum Gasteiger partial charge on any atom is 0.280 e. The van der Waals surface area contributed by atoms with Gasteiger partial charge in [-0.05, 0) is 31.0 Å². The molecule has 3 aromatic rings. The molecule has 1 aliphatic carbocycles. The topological polar surface area (TPSA) is 79.8 Å². The fraction of sp³-hybridized carbons (Fsp3) is 0.238. The Morgan fingerprint density at radius 3 is 2.69 bits per heavy atom. The van der Waals surface area contributed by atoms with Gasteiger partial charge in [-0.3, -0.25) is 9.78 Å². The number of nitrogens with zero attached hydrogens (tertiary/aromatic N) is 3. The smallest absolute Gasteiger partial charge is 0.280 e. The van der Waals surface area contributed by atoms with E-state index in [2.05, 4.69) is 37.4 Å². The van der Waals surface area contributed by atoms with Crippen LogP contribution in [-0.4, -0.2) is 27.9 Å². The van der Waals surface area contributed by atoms with Crippen LogP contribution in [0.15, 0.2) is 36.8 Å². The lowest BCUT2D eigenvalue weighted by Crippen LogP contribution is -2.14. The Kier molecular flexibility index (Phi) is 5.04. The number of pyridine rings is 3. The molecule has 1 fully saturated rings. The molecule has 0 radical (unpaired) electrons. The Morgan fingerprint density at radius 1 is 1.14 bits per heavy atom. The van der Waals surface area contributed by atoms with Crippen LogP contribution < -0.4 is 10.6 Å². The summed E-state index contributed by atoms with van der Waals surface area (Å²) in [7, 11) is 1.75. The van der Waals surface area contributed by atoms with E-state index in [9.17, 15) is 13.6 Å². The Hall–Kier alpha value is -3.60. The van der Waals surface area contributed by atoms with Crippen LogP contribution in [0, 0.1) is 17.8 Å². The lowest BCUT2D eigenvalue weighted by atomic mass is 10.1. The molecule has 1 amide bonds. The monoisotopic (exact) mass is 393 g/mol. The molecule has 4 rings (SSSR count). The number of fused-ring (bicyclic) bond motifs is 1. The number of carbonyl (C=O) groups excluding carboxylic acids is 1. The van der Waals surface area contributed by atoms with E-state index in [0.717, 1.165) is 23.6 Å². The van der Waals surface area contributed by atoms with Crippen molar-refractivity contribution in [2.24, 2.45) is 5.92 Å². The van der Waals surface area contributed by atoms with Gasteiger partial charge in [0.1, 0.15) is 17.3 Å². The third kappa shape index (κ3) is 4.14. The fourth-order valence-electron chi connectivity index (χ4n) is 2.86. The predicted octanol–water partition coefficient (Wildman–Crippen LogP) is 3.75. The number of hydrogen-bond acceptors (Lipinski definition) is 5. The van der Waals surface area contributed by atoms with E-state index in [4.69, 9.17) is 0 Å². The zero-order valence-corrected chi connectivity index (χ0v) is 15.5. The van der Waals surface area contributed by atoms with Gasteiger partial charge in [-0.1, -0.05) is 11.8 Å². The molecule has 0 aromatic carbocycles. The Balaban J connectivity index is 1.73. The highest BCUT2D eigenvalue weighted by Gasteiger charge is 2.29. The lowest BCUT2D eigenvalue weighted by molar-refractivity contribution is -0.117. The Morgan fingerprint density at radius 2 is 1.97 bits per heavy atom. The van der Waals surface area contributed by atoms with E-state index in [1.54, 1.807) is 31.6 Å². The first kappa shape index (κ1) is 18.7. The summed E-state index contributed by atoms with van der Waals surface area (Å²) in [5, 5.41) is 7.32. The van der Waals surface area contributed by atoms with Crippen molar-refractivity contribution < 1.29 is 13.6 Å². The highest BCUT2D eigenvalue weighted by molar-refractivity contribution is 5.99. The van der Waals surface area contributed by atoms with Gasteiger partial charge in [0.15, 0.2) is 0 Å². The fourth-order valence-corrected chi connectivity index (χ4v) is 2.86. The highest BCUT2D eigenvalue weighted by atomic mass is 19.3. The van der Waals surface area contributed by atoms with E-state index >= 15 is 0 Å². The standard InChI is InChI=1S/C21H17F2N5O/c1-24-20-16-11-26-18(28-21(29)13-4-5-13)9-15(16)14(10-27-20)3-2-12-6-7-25-17(8-12)19(22)23/h6-11,13,19H,4-5H2,1H3,(H,24,27)(H,26,28,29). The summed E-state index contributed by atoms with van der Waals surface area (Å²) in [4.78, 5) is 24.3. The number of nitrogens with one attached hydrogen (secondary N) is 2. The van der Waals surface area contributed by atoms with E-state index < -0.39 is 6.43 Å². The van der Waals surface area contributed by atoms with Crippen molar-refractivity contribution in [3.8, 4) is 11.8 Å². The predicted molar refractivity (Wildman–Crippen MR) is 106 cm³/mol. The summed E-state index contributed by atoms with van der Waals surface area (Å²) in [6, 6.07) is 4.58. The Labute approximate surface area is 165 Å². The average molecular weight is 393 g/mol. The van der Waals surface area contributed by atoms with Crippen molar-refractivity contribution in [3.63, 3.8) is 0 Å². The molecule has 146 valence electrons. The SMILES string of the molecule is CNc1ncc(C#Cc2ccnc(C(F)F)c2)c2cc(NC(=O)C3CC3)ncc12. The molecule has 29 heavy (non-hydrogen) atoms. The summed E-state index contributed by atoms with van der Waals surface area (Å²) in [5.41, 5.74) is 0.704. The largest absolute Gasteiger partial charge is 0.373 e. The summed E-state index contributed by atoms with van der Waals surface area (Å²) < 4.78 is 25.7. The van der Waals surface area contributed by atoms with Crippen molar-refractivity contribution in [3.05, 3.63) is 53.6 Å². The zero-order valence-electron chi connectivity index (χ0n) is 15.5. The molecule has 1 saturated carbocycles. The summed E-state index contributed by atoms with van der Waals surface area (Å²) in [5.74, 6) is 6.96. The van der Waals surface area contributed by atoms with E-state index in [0.29, 0.717) is 22.8 Å². The highest BCUT2D eigenvalue weighted by Crippen LogP contribution is 2.31. The van der Waals surface area contributed by atoms with Gasteiger partial charge < -0.3 is 10.6 Å². The molecule has 0 saturated heterocycles. The molecular weight excluding hydrogens is 376 g/mol. The average Bonchev–Trinajstić information content (AvgIpc) is 3.57. The minimum atomic E-state index is -2.65. The third-order valence-electron chi connectivity index (χ3n) is 4.55. The van der Waals surface area contributed by atoms with Crippen LogP contribution in [0.2, 0.25) is 0 Å². The summed E-state index contributed by atoms with van der Waals surface area (Å²) in [6.45, 7) is 0. The van der Waals surface area contributed by atoms with Gasteiger partial charge in [0.25, 0.3) is 6.43 Å². The van der Waals surface area contributed by atoms with Gasteiger partial charge in [-0.15, -0.1) is 0 Å². The van der Waals surface area contributed by atoms with Crippen molar-refractivity contribution in [2.45, 2.75) is 19.3 Å². The van der Waals surface area contributed by atoms with Gasteiger partial charge in [0.2, 0.25) is 5.91 Å². The van der Waals surface area contributed by atoms with Crippen LogP contribution in [0.3, 0.4) is 0 Å². The molecule has 6 nitrogen and oxygen atoms in total. The lowest BCUT2D eigenvalue weighted by Gasteiger charge is -2.09. The van der Waals surface area contributed by atoms with Gasteiger partial charge in [-0.25, -0.2) is 18.7 Å². The van der Waals surface area contributed by atoms with Crippen molar-refractivity contribution in [1.29, 1.82) is 0 Å². The molecule has 0 atom stereocenters. The normalized spacial score (nSPS) is 13.1. The Bertz CT molecular complexity index is 1150. The molecule has 3 aromatic heterocycles. The number of aromatic nitrogens is 3. The number of halogens is 2. The van der Waals surface area contributed by atoms with Crippen LogP contribution in [-0.2, 0) is 4.79 Å². The zero-order chi connectivity index (χ0) is 20.4. The van der Waals surface area contributed by atoms with Crippen molar-refractivity contribution >= 4 is 28.3 Å². The minimum Gasteiger partial charge on any atom is -0.373 e. The minimum absolute atomic E-state index is 0.0382. The molecule has 0 bridgehead atoms. The molecule has 1 aliphatic rings. The third-order valence-corrected chi connectivity index (χ3v) is 4.55. The first-order valence-electron chi connectivity index (χ1n) is 9.08. The van der Waals surface area contributed by atoms with Crippen LogP contribution in [0.5, 0.6) is 0 Å². The van der Waals surface area contributed by atoms with Crippen molar-refractivity contribution in [1.82, 2.24) is 15.0 Å². The first-order chi connectivity index (χ1) is 14.0. The second kappa shape index (κ2) is 7.80. The molecule has 3 heterocycles. The molecular formula is C21H17F2N5O. The van der Waals surface area contributed by atoms with E-state index in [-0.39, 0.29) is 17.5 Å². The molecule has 2 N–H and O–H groups in total. The van der Waals surface area contributed by atoms with Gasteiger partial charge >= 0.3 is 0 Å². The summed E-state index contributed by atoms with van der Waals surface area (Å²) >= 11 is 0. The second-order valence-corrected chi connectivity index (χ2v) is 6.67. The quantitative estimate of drug-likeness (QED) is 0.660. The second-order valence-electron chi connectivity index (χ2n) is 6.67. The van der Waals surface area contributed by atoms with Crippen LogP contribution in [0.4, 0.5) is 20.4 Å². The maximum atomic E-state index is 12.8. The van der Waals surface area contributed by atoms with Crippen LogP contribution in [0.1, 0.15) is 36.1 Å². The van der Waals surface area contributed by atoms with E-state index in [1.807, 2.05) is 0 Å². The first-order valence-corrected chi connectivity index (χ1v) is 9.08. The van der Waals surface area contributed by atoms with Crippen LogP contribution >= 0.6 is 0 Å². The van der Waals surface area contributed by atoms with Crippen molar-refractivity contribution in [2.75, 3.05) is 17.7 Å². The van der Waals surface area contributed by atoms with Crippen LogP contribution in [0.25, 0.3) is 10.8 Å². The summed E-state index contributed by atoms with van der Waals surface area (Å²) in [6.07, 6.45) is 3.68. The molecule has 8 heteroatoms. The molecule has 0 unspecified atom stereocenters. The number of carbonyl (C=O) groups is 1. The number of rotatable bonds is 4. The maximum absolute atomic E-state index is 12.8. The van der Waals surface area contributed by atoms with Gasteiger partial charge in [0, 0.05) is 47.9 Å². The van der Waals surface area contributed by atoms with Gasteiger partial charge in [-0.2, -0.15) is 0 Å². The number of alkyl halides is 2. The molecule has 0 spiro atoms.